The highest BCUT2D eigenvalue weighted by molar-refractivity contribution is 6.31. The predicted molar refractivity (Wildman–Crippen MR) is 108 cm³/mol. The fraction of sp³-hybridized carbons (Fsp3) is 0.0952. The molecular weight excluding hydrogens is 360 g/mol. The van der Waals surface area contributed by atoms with Crippen molar-refractivity contribution in [1.82, 2.24) is 14.8 Å². The Labute approximate surface area is 161 Å². The molecule has 4 aromatic rings. The Hall–Kier alpha value is -3.18. The van der Waals surface area contributed by atoms with Gasteiger partial charge < -0.3 is 5.32 Å². The standard InChI is InChI=1S/C21H17ClN4O/c1-2-26-20-18(13-23-26)17(12-19(25-20)14-7-4-3-5-8-14)21(27)24-16-10-6-9-15(22)11-16/h3-13H,2H2,1H3,(H,24,27). The van der Waals surface area contributed by atoms with Crippen LogP contribution in [0.15, 0.2) is 66.9 Å². The molecule has 2 heterocycles. The summed E-state index contributed by atoms with van der Waals surface area (Å²) in [5, 5.41) is 8.56. The number of nitrogens with zero attached hydrogens (tertiary/aromatic N) is 3. The second-order valence-corrected chi connectivity index (χ2v) is 6.52. The third-order valence-electron chi connectivity index (χ3n) is 4.31. The van der Waals surface area contributed by atoms with E-state index in [1.165, 1.54) is 0 Å². The van der Waals surface area contributed by atoms with Gasteiger partial charge >= 0.3 is 0 Å². The van der Waals surface area contributed by atoms with Crippen molar-refractivity contribution in [3.05, 3.63) is 77.4 Å². The van der Waals surface area contributed by atoms with E-state index in [1.807, 2.05) is 37.3 Å². The minimum Gasteiger partial charge on any atom is -0.322 e. The highest BCUT2D eigenvalue weighted by atomic mass is 35.5. The molecule has 0 spiro atoms. The first-order chi connectivity index (χ1) is 13.2. The lowest BCUT2D eigenvalue weighted by molar-refractivity contribution is 0.102. The molecule has 0 saturated heterocycles. The number of nitrogens with one attached hydrogen (secondary N) is 1. The normalized spacial score (nSPS) is 10.9. The van der Waals surface area contributed by atoms with Crippen LogP contribution < -0.4 is 5.32 Å². The number of fused-ring (bicyclic) bond motifs is 1. The minimum atomic E-state index is -0.225. The number of aromatic nitrogens is 3. The van der Waals surface area contributed by atoms with E-state index >= 15 is 0 Å². The molecule has 2 aromatic carbocycles. The van der Waals surface area contributed by atoms with Gasteiger partial charge in [-0.15, -0.1) is 0 Å². The van der Waals surface area contributed by atoms with Crippen LogP contribution in [0.2, 0.25) is 5.02 Å². The Balaban J connectivity index is 1.83. The number of aryl methyl sites for hydroxylation is 1. The topological polar surface area (TPSA) is 59.8 Å². The molecule has 6 heteroatoms. The maximum absolute atomic E-state index is 13.0. The number of carbonyl (C=O) groups excluding carboxylic acids is 1. The van der Waals surface area contributed by atoms with Crippen molar-refractivity contribution < 1.29 is 4.79 Å². The zero-order chi connectivity index (χ0) is 18.8. The molecule has 0 radical (unpaired) electrons. The Kier molecular flexibility index (Phi) is 4.60. The monoisotopic (exact) mass is 376 g/mol. The summed E-state index contributed by atoms with van der Waals surface area (Å²) in [7, 11) is 0. The van der Waals surface area contributed by atoms with Crippen LogP contribution in [-0.2, 0) is 6.54 Å². The molecule has 5 nitrogen and oxygen atoms in total. The van der Waals surface area contributed by atoms with Crippen LogP contribution in [0.5, 0.6) is 0 Å². The Morgan fingerprint density at radius 1 is 1.11 bits per heavy atom. The van der Waals surface area contributed by atoms with Gasteiger partial charge in [0, 0.05) is 22.8 Å². The third kappa shape index (κ3) is 3.41. The molecule has 1 amide bonds. The van der Waals surface area contributed by atoms with Crippen LogP contribution in [0.3, 0.4) is 0 Å². The first kappa shape index (κ1) is 17.2. The Morgan fingerprint density at radius 3 is 2.67 bits per heavy atom. The molecule has 27 heavy (non-hydrogen) atoms. The molecule has 0 fully saturated rings. The van der Waals surface area contributed by atoms with Gasteiger partial charge in [-0.05, 0) is 31.2 Å². The number of pyridine rings is 1. The van der Waals surface area contributed by atoms with Crippen molar-refractivity contribution in [3.8, 4) is 11.3 Å². The molecule has 0 unspecified atom stereocenters. The molecule has 134 valence electrons. The van der Waals surface area contributed by atoms with Gasteiger partial charge in [0.1, 0.15) is 0 Å². The van der Waals surface area contributed by atoms with Crippen molar-refractivity contribution in [2.75, 3.05) is 5.32 Å². The number of rotatable bonds is 4. The summed E-state index contributed by atoms with van der Waals surface area (Å²) >= 11 is 6.02. The molecule has 0 aliphatic heterocycles. The van der Waals surface area contributed by atoms with Crippen LogP contribution in [-0.4, -0.2) is 20.7 Å². The van der Waals surface area contributed by atoms with Crippen LogP contribution in [0.4, 0.5) is 5.69 Å². The summed E-state index contributed by atoms with van der Waals surface area (Å²) in [6.45, 7) is 2.67. The first-order valence-electron chi connectivity index (χ1n) is 8.64. The maximum Gasteiger partial charge on any atom is 0.256 e. The minimum absolute atomic E-state index is 0.225. The van der Waals surface area contributed by atoms with Crippen molar-refractivity contribution in [2.24, 2.45) is 0 Å². The molecule has 1 N–H and O–H groups in total. The highest BCUT2D eigenvalue weighted by Crippen LogP contribution is 2.26. The van der Waals surface area contributed by atoms with Crippen molar-refractivity contribution in [3.63, 3.8) is 0 Å². The van der Waals surface area contributed by atoms with Gasteiger partial charge in [0.2, 0.25) is 0 Å². The number of amides is 1. The third-order valence-corrected chi connectivity index (χ3v) is 4.54. The fourth-order valence-electron chi connectivity index (χ4n) is 2.99. The number of benzene rings is 2. The predicted octanol–water partition coefficient (Wildman–Crippen LogP) is 5.02. The maximum atomic E-state index is 13.0. The summed E-state index contributed by atoms with van der Waals surface area (Å²) < 4.78 is 1.79. The van der Waals surface area contributed by atoms with Gasteiger partial charge in [-0.1, -0.05) is 48.0 Å². The average Bonchev–Trinajstić information content (AvgIpc) is 3.11. The van der Waals surface area contributed by atoms with E-state index in [0.717, 1.165) is 16.6 Å². The lowest BCUT2D eigenvalue weighted by Gasteiger charge is -2.09. The molecule has 0 saturated carbocycles. The Bertz CT molecular complexity index is 1120. The highest BCUT2D eigenvalue weighted by Gasteiger charge is 2.17. The average molecular weight is 377 g/mol. The summed E-state index contributed by atoms with van der Waals surface area (Å²) in [5.41, 5.74) is 3.53. The van der Waals surface area contributed by atoms with Gasteiger partial charge in [0.05, 0.1) is 22.8 Å². The van der Waals surface area contributed by atoms with E-state index in [2.05, 4.69) is 10.4 Å². The molecule has 0 aliphatic carbocycles. The summed E-state index contributed by atoms with van der Waals surface area (Å²) in [4.78, 5) is 17.7. The van der Waals surface area contributed by atoms with E-state index in [9.17, 15) is 4.79 Å². The zero-order valence-corrected chi connectivity index (χ0v) is 15.4. The fourth-order valence-corrected chi connectivity index (χ4v) is 3.18. The van der Waals surface area contributed by atoms with E-state index in [0.29, 0.717) is 28.5 Å². The van der Waals surface area contributed by atoms with Gasteiger partial charge in [0.25, 0.3) is 5.91 Å². The number of carbonyl (C=O) groups is 1. The number of hydrogen-bond acceptors (Lipinski definition) is 3. The van der Waals surface area contributed by atoms with Crippen LogP contribution in [0, 0.1) is 0 Å². The largest absolute Gasteiger partial charge is 0.322 e. The summed E-state index contributed by atoms with van der Waals surface area (Å²) in [6, 6.07) is 18.7. The zero-order valence-electron chi connectivity index (χ0n) is 14.7. The van der Waals surface area contributed by atoms with Crippen LogP contribution in [0.25, 0.3) is 22.3 Å². The van der Waals surface area contributed by atoms with Crippen LogP contribution in [0.1, 0.15) is 17.3 Å². The SMILES string of the molecule is CCn1ncc2c(C(=O)Nc3cccc(Cl)c3)cc(-c3ccccc3)nc21. The Morgan fingerprint density at radius 2 is 1.93 bits per heavy atom. The molecule has 0 aliphatic rings. The second-order valence-electron chi connectivity index (χ2n) is 6.08. The number of anilines is 1. The van der Waals surface area contributed by atoms with E-state index in [4.69, 9.17) is 16.6 Å². The molecule has 4 rings (SSSR count). The van der Waals surface area contributed by atoms with E-state index in [-0.39, 0.29) is 5.91 Å². The van der Waals surface area contributed by atoms with Crippen molar-refractivity contribution in [1.29, 1.82) is 0 Å². The van der Waals surface area contributed by atoms with Crippen molar-refractivity contribution >= 4 is 34.2 Å². The van der Waals surface area contributed by atoms with Gasteiger partial charge in [-0.3, -0.25) is 4.79 Å². The van der Waals surface area contributed by atoms with Crippen LogP contribution >= 0.6 is 11.6 Å². The molecule has 2 aromatic heterocycles. The van der Waals surface area contributed by atoms with E-state index in [1.54, 1.807) is 41.2 Å². The number of hydrogen-bond donors (Lipinski definition) is 1. The van der Waals surface area contributed by atoms with E-state index < -0.39 is 0 Å². The second kappa shape index (κ2) is 7.21. The molecule has 0 bridgehead atoms. The molecule has 0 atom stereocenters. The lowest BCUT2D eigenvalue weighted by Crippen LogP contribution is -2.13. The summed E-state index contributed by atoms with van der Waals surface area (Å²) in [5.74, 6) is -0.225. The quantitative estimate of drug-likeness (QED) is 0.543. The van der Waals surface area contributed by atoms with Gasteiger partial charge in [0.15, 0.2) is 5.65 Å². The smallest absolute Gasteiger partial charge is 0.256 e. The van der Waals surface area contributed by atoms with Crippen molar-refractivity contribution in [2.45, 2.75) is 13.5 Å². The van der Waals surface area contributed by atoms with Gasteiger partial charge in [-0.25, -0.2) is 9.67 Å². The summed E-state index contributed by atoms with van der Waals surface area (Å²) in [6.07, 6.45) is 1.69. The molecular formula is C21H17ClN4O. The number of halogens is 1. The van der Waals surface area contributed by atoms with Gasteiger partial charge in [-0.2, -0.15) is 5.10 Å². The first-order valence-corrected chi connectivity index (χ1v) is 9.02. The lowest BCUT2D eigenvalue weighted by atomic mass is 10.1.